The lowest BCUT2D eigenvalue weighted by Gasteiger charge is -2.31. The highest BCUT2D eigenvalue weighted by atomic mass is 16.1. The van der Waals surface area contributed by atoms with Gasteiger partial charge in [-0.05, 0) is 27.2 Å². The van der Waals surface area contributed by atoms with Gasteiger partial charge in [0.1, 0.15) is 0 Å². The Morgan fingerprint density at radius 3 is 1.79 bits per heavy atom. The average Bonchev–Trinajstić information content (AvgIpc) is 1.95. The summed E-state index contributed by atoms with van der Waals surface area (Å²) in [6, 6.07) is -0.0185. The average molecular weight is 199 g/mol. The number of Topliss-reactive ketones (excluding diaryl/α,β-unsaturated/α-hetero) is 1. The molecule has 1 atom stereocenters. The zero-order chi connectivity index (χ0) is 11.6. The molecular weight excluding hydrogens is 174 g/mol. The van der Waals surface area contributed by atoms with Crippen molar-refractivity contribution in [3.63, 3.8) is 0 Å². The quantitative estimate of drug-likeness (QED) is 0.757. The van der Waals surface area contributed by atoms with E-state index in [1.54, 1.807) is 0 Å². The highest BCUT2D eigenvalue weighted by molar-refractivity contribution is 5.88. The van der Waals surface area contributed by atoms with Crippen LogP contribution in [-0.4, -0.2) is 17.4 Å². The van der Waals surface area contributed by atoms with Crippen molar-refractivity contribution < 1.29 is 4.79 Å². The summed E-state index contributed by atoms with van der Waals surface area (Å²) in [6.07, 6.45) is 0.855. The third-order valence-electron chi connectivity index (χ3n) is 2.07. The molecule has 0 aromatic rings. The van der Waals surface area contributed by atoms with E-state index < -0.39 is 0 Å². The van der Waals surface area contributed by atoms with Crippen LogP contribution in [-0.2, 0) is 4.79 Å². The molecule has 2 nitrogen and oxygen atoms in total. The molecule has 84 valence electrons. The molecule has 0 aliphatic carbocycles. The van der Waals surface area contributed by atoms with E-state index in [0.29, 0.717) is 5.78 Å². The van der Waals surface area contributed by atoms with Crippen LogP contribution in [0.25, 0.3) is 0 Å². The lowest BCUT2D eigenvalue weighted by atomic mass is 9.85. The Hall–Kier alpha value is -0.370. The molecule has 0 saturated carbocycles. The Kier molecular flexibility index (Phi) is 4.32. The van der Waals surface area contributed by atoms with Crippen molar-refractivity contribution in [1.82, 2.24) is 5.32 Å². The van der Waals surface area contributed by atoms with Gasteiger partial charge in [-0.3, -0.25) is 4.79 Å². The number of carbonyl (C=O) groups excluding carboxylic acids is 1. The molecule has 0 spiro atoms. The Morgan fingerprint density at radius 1 is 1.14 bits per heavy atom. The molecule has 0 heterocycles. The second-order valence-corrected chi connectivity index (χ2v) is 5.97. The molecule has 0 amide bonds. The first kappa shape index (κ1) is 13.6. The topological polar surface area (TPSA) is 29.1 Å². The third kappa shape index (κ3) is 4.75. The summed E-state index contributed by atoms with van der Waals surface area (Å²) >= 11 is 0. The molecule has 0 aliphatic rings. The van der Waals surface area contributed by atoms with Crippen LogP contribution >= 0.6 is 0 Å². The molecule has 1 N–H and O–H groups in total. The number of hydrogen-bond acceptors (Lipinski definition) is 2. The van der Waals surface area contributed by atoms with E-state index in [0.717, 1.165) is 6.42 Å². The fraction of sp³-hybridized carbons (Fsp3) is 0.917. The van der Waals surface area contributed by atoms with Crippen LogP contribution < -0.4 is 5.32 Å². The van der Waals surface area contributed by atoms with Crippen molar-refractivity contribution >= 4 is 5.78 Å². The van der Waals surface area contributed by atoms with Gasteiger partial charge in [-0.1, -0.05) is 27.7 Å². The van der Waals surface area contributed by atoms with Gasteiger partial charge in [0, 0.05) is 11.0 Å². The van der Waals surface area contributed by atoms with Gasteiger partial charge in [0.2, 0.25) is 0 Å². The first-order valence-corrected chi connectivity index (χ1v) is 5.40. The van der Waals surface area contributed by atoms with Gasteiger partial charge in [0.15, 0.2) is 5.78 Å². The van der Waals surface area contributed by atoms with Gasteiger partial charge < -0.3 is 5.32 Å². The second-order valence-electron chi connectivity index (χ2n) is 5.97. The lowest BCUT2D eigenvalue weighted by molar-refractivity contribution is -0.129. The molecule has 0 aliphatic heterocycles. The highest BCUT2D eigenvalue weighted by Gasteiger charge is 2.30. The fourth-order valence-corrected chi connectivity index (χ4v) is 1.40. The third-order valence-corrected chi connectivity index (χ3v) is 2.07. The molecule has 0 unspecified atom stereocenters. The second kappa shape index (κ2) is 4.43. The molecule has 0 bridgehead atoms. The number of hydrogen-bond donors (Lipinski definition) is 1. The van der Waals surface area contributed by atoms with Gasteiger partial charge in [0.25, 0.3) is 0 Å². The number of nitrogens with one attached hydrogen (secondary N) is 1. The maximum absolute atomic E-state index is 12.0. The van der Waals surface area contributed by atoms with E-state index >= 15 is 0 Å². The van der Waals surface area contributed by atoms with Crippen LogP contribution in [0, 0.1) is 5.41 Å². The van der Waals surface area contributed by atoms with Crippen LogP contribution in [0.15, 0.2) is 0 Å². The van der Waals surface area contributed by atoms with E-state index in [1.807, 2.05) is 27.7 Å². The van der Waals surface area contributed by atoms with Crippen molar-refractivity contribution in [3.8, 4) is 0 Å². The van der Waals surface area contributed by atoms with Crippen molar-refractivity contribution in [2.45, 2.75) is 66.5 Å². The molecular formula is C12H25NO. The predicted octanol–water partition coefficient (Wildman–Crippen LogP) is 2.77. The largest absolute Gasteiger partial charge is 0.303 e. The standard InChI is InChI=1S/C12H25NO/c1-8-9(13-12(5,6)7)10(14)11(2,3)4/h9,13H,8H2,1-7H3/t9-/m1/s1. The molecule has 0 aromatic heterocycles. The molecule has 0 saturated heterocycles. The smallest absolute Gasteiger partial charge is 0.155 e. The van der Waals surface area contributed by atoms with Crippen molar-refractivity contribution in [3.05, 3.63) is 0 Å². The van der Waals surface area contributed by atoms with Crippen LogP contribution in [0.2, 0.25) is 0 Å². The summed E-state index contributed by atoms with van der Waals surface area (Å²) in [4.78, 5) is 12.0. The first-order chi connectivity index (χ1) is 6.08. The number of carbonyl (C=O) groups is 1. The van der Waals surface area contributed by atoms with E-state index in [1.165, 1.54) is 0 Å². The van der Waals surface area contributed by atoms with E-state index in [9.17, 15) is 4.79 Å². The van der Waals surface area contributed by atoms with Gasteiger partial charge >= 0.3 is 0 Å². The van der Waals surface area contributed by atoms with Crippen LogP contribution in [0.4, 0.5) is 0 Å². The first-order valence-electron chi connectivity index (χ1n) is 5.40. The minimum Gasteiger partial charge on any atom is -0.303 e. The summed E-state index contributed by atoms with van der Waals surface area (Å²) in [6.45, 7) is 14.2. The van der Waals surface area contributed by atoms with Crippen LogP contribution in [0.3, 0.4) is 0 Å². The zero-order valence-electron chi connectivity index (χ0n) is 10.7. The Labute approximate surface area is 88.5 Å². The minimum atomic E-state index is -0.251. The number of ketones is 1. The number of rotatable bonds is 3. The summed E-state index contributed by atoms with van der Waals surface area (Å²) in [5.74, 6) is 0.301. The van der Waals surface area contributed by atoms with Gasteiger partial charge in [-0.25, -0.2) is 0 Å². The van der Waals surface area contributed by atoms with Crippen molar-refractivity contribution in [2.24, 2.45) is 5.41 Å². The Bertz CT molecular complexity index is 195. The summed E-state index contributed by atoms with van der Waals surface area (Å²) < 4.78 is 0. The highest BCUT2D eigenvalue weighted by Crippen LogP contribution is 2.19. The fourth-order valence-electron chi connectivity index (χ4n) is 1.40. The molecule has 0 radical (unpaired) electrons. The van der Waals surface area contributed by atoms with Gasteiger partial charge in [0.05, 0.1) is 6.04 Å². The minimum absolute atomic E-state index is 0.00157. The SMILES string of the molecule is CC[C@@H](NC(C)(C)C)C(=O)C(C)(C)C. The molecule has 0 fully saturated rings. The molecule has 2 heteroatoms. The lowest BCUT2D eigenvalue weighted by Crippen LogP contribution is -2.50. The summed E-state index contributed by atoms with van der Waals surface area (Å²) in [7, 11) is 0. The Morgan fingerprint density at radius 2 is 1.57 bits per heavy atom. The van der Waals surface area contributed by atoms with Gasteiger partial charge in [-0.15, -0.1) is 0 Å². The van der Waals surface area contributed by atoms with E-state index in [-0.39, 0.29) is 17.0 Å². The van der Waals surface area contributed by atoms with Crippen LogP contribution in [0.5, 0.6) is 0 Å². The van der Waals surface area contributed by atoms with Crippen molar-refractivity contribution in [2.75, 3.05) is 0 Å². The molecule has 14 heavy (non-hydrogen) atoms. The van der Waals surface area contributed by atoms with E-state index in [4.69, 9.17) is 0 Å². The molecule has 0 aromatic carbocycles. The maximum atomic E-state index is 12.0. The normalized spacial score (nSPS) is 15.4. The van der Waals surface area contributed by atoms with Crippen LogP contribution in [0.1, 0.15) is 54.9 Å². The maximum Gasteiger partial charge on any atom is 0.155 e. The molecule has 0 rings (SSSR count). The summed E-state index contributed by atoms with van der Waals surface area (Å²) in [5, 5.41) is 3.36. The van der Waals surface area contributed by atoms with Gasteiger partial charge in [-0.2, -0.15) is 0 Å². The predicted molar refractivity (Wildman–Crippen MR) is 61.4 cm³/mol. The monoisotopic (exact) mass is 199 g/mol. The van der Waals surface area contributed by atoms with Crippen molar-refractivity contribution in [1.29, 1.82) is 0 Å². The van der Waals surface area contributed by atoms with E-state index in [2.05, 4.69) is 26.1 Å². The summed E-state index contributed by atoms with van der Waals surface area (Å²) in [5.41, 5.74) is -0.249. The zero-order valence-corrected chi connectivity index (χ0v) is 10.7. The Balaban J connectivity index is 4.51.